The van der Waals surface area contributed by atoms with E-state index in [0.29, 0.717) is 6.42 Å². The minimum Gasteiger partial charge on any atom is -0.481 e. The van der Waals surface area contributed by atoms with Crippen molar-refractivity contribution in [3.63, 3.8) is 0 Å². The predicted molar refractivity (Wildman–Crippen MR) is 107 cm³/mol. The first kappa shape index (κ1) is 26.8. The Morgan fingerprint density at radius 3 is 2.16 bits per heavy atom. The topological polar surface area (TPSA) is 242 Å². The van der Waals surface area contributed by atoms with E-state index in [0.717, 1.165) is 4.90 Å². The summed E-state index contributed by atoms with van der Waals surface area (Å²) in [6.07, 6.45) is -0.589. The van der Waals surface area contributed by atoms with Crippen LogP contribution in [0.15, 0.2) is 0 Å². The van der Waals surface area contributed by atoms with Crippen molar-refractivity contribution in [2.45, 2.75) is 62.7 Å². The monoisotopic (exact) mass is 459 g/mol. The number of carboxylic acids is 2. The second kappa shape index (κ2) is 12.6. The molecule has 1 fully saturated rings. The molecule has 1 rings (SSSR count). The van der Waals surface area contributed by atoms with Crippen LogP contribution >= 0.6 is 0 Å². The van der Waals surface area contributed by atoms with Crippen LogP contribution in [-0.4, -0.2) is 93.1 Å². The fourth-order valence-electron chi connectivity index (χ4n) is 3.20. The molecule has 0 aromatic carbocycles. The van der Waals surface area contributed by atoms with Gasteiger partial charge in [0.15, 0.2) is 0 Å². The Labute approximate surface area is 183 Å². The zero-order valence-electron chi connectivity index (χ0n) is 17.4. The van der Waals surface area contributed by atoms with Crippen molar-refractivity contribution >= 4 is 35.6 Å². The molecule has 0 aromatic rings. The number of carbonyl (C=O) groups is 6. The molecule has 4 atom stereocenters. The second-order valence-electron chi connectivity index (χ2n) is 7.38. The highest BCUT2D eigenvalue weighted by molar-refractivity contribution is 5.94. The standard InChI is InChI=1S/C18H29N5O9/c19-9(8-24)15(28)21-10(3-5-13(20)25)17(30)23-7-1-2-12(23)16(29)22-11(18(31)32)4-6-14(26)27/h9-12,24H,1-8,19H2,(H2,20,25)(H,21,28)(H,22,29)(H,26,27)(H,31,32). The van der Waals surface area contributed by atoms with Gasteiger partial charge in [-0.05, 0) is 25.7 Å². The largest absolute Gasteiger partial charge is 0.481 e. The molecule has 0 spiro atoms. The van der Waals surface area contributed by atoms with E-state index in [4.69, 9.17) is 21.7 Å². The Hall–Kier alpha value is -3.26. The summed E-state index contributed by atoms with van der Waals surface area (Å²) in [5, 5.41) is 31.6. The number of hydrogen-bond acceptors (Lipinski definition) is 8. The van der Waals surface area contributed by atoms with Crippen LogP contribution in [0.3, 0.4) is 0 Å². The Balaban J connectivity index is 2.94. The van der Waals surface area contributed by atoms with Crippen LogP contribution in [0.4, 0.5) is 0 Å². The number of nitrogens with one attached hydrogen (secondary N) is 2. The molecule has 14 nitrogen and oxygen atoms in total. The lowest BCUT2D eigenvalue weighted by atomic mass is 10.1. The number of carboxylic acid groups (broad SMARTS) is 2. The number of rotatable bonds is 13. The first-order valence-corrected chi connectivity index (χ1v) is 9.98. The van der Waals surface area contributed by atoms with Gasteiger partial charge in [0.1, 0.15) is 24.2 Å². The van der Waals surface area contributed by atoms with E-state index in [1.165, 1.54) is 0 Å². The van der Waals surface area contributed by atoms with Crippen LogP contribution < -0.4 is 22.1 Å². The summed E-state index contributed by atoms with van der Waals surface area (Å²) < 4.78 is 0. The molecule has 1 aliphatic heterocycles. The van der Waals surface area contributed by atoms with Crippen molar-refractivity contribution in [2.24, 2.45) is 11.5 Å². The SMILES string of the molecule is NC(=O)CCC(NC(=O)C(N)CO)C(=O)N1CCCC1C(=O)NC(CCC(=O)O)C(=O)O. The number of nitrogens with zero attached hydrogens (tertiary/aromatic N) is 1. The van der Waals surface area contributed by atoms with E-state index in [9.17, 15) is 33.9 Å². The highest BCUT2D eigenvalue weighted by Crippen LogP contribution is 2.20. The summed E-state index contributed by atoms with van der Waals surface area (Å²) in [6, 6.07) is -5.05. The Morgan fingerprint density at radius 2 is 1.62 bits per heavy atom. The van der Waals surface area contributed by atoms with Gasteiger partial charge in [-0.1, -0.05) is 0 Å². The number of aliphatic hydroxyl groups excluding tert-OH is 1. The van der Waals surface area contributed by atoms with Gasteiger partial charge >= 0.3 is 11.9 Å². The molecule has 1 heterocycles. The van der Waals surface area contributed by atoms with Gasteiger partial charge in [-0.25, -0.2) is 4.79 Å². The Morgan fingerprint density at radius 1 is 1.00 bits per heavy atom. The van der Waals surface area contributed by atoms with E-state index in [1.54, 1.807) is 0 Å². The fourth-order valence-corrected chi connectivity index (χ4v) is 3.20. The molecule has 0 aliphatic carbocycles. The first-order valence-electron chi connectivity index (χ1n) is 9.98. The zero-order chi connectivity index (χ0) is 24.4. The van der Waals surface area contributed by atoms with Crippen LogP contribution in [0.5, 0.6) is 0 Å². The average Bonchev–Trinajstić information content (AvgIpc) is 3.22. The summed E-state index contributed by atoms with van der Waals surface area (Å²) in [5.74, 6) is -5.67. The number of primary amides is 1. The summed E-state index contributed by atoms with van der Waals surface area (Å²) in [4.78, 5) is 72.1. The van der Waals surface area contributed by atoms with Crippen molar-refractivity contribution in [3.05, 3.63) is 0 Å². The van der Waals surface area contributed by atoms with Gasteiger partial charge in [-0.3, -0.25) is 24.0 Å². The predicted octanol–water partition coefficient (Wildman–Crippen LogP) is -3.52. The van der Waals surface area contributed by atoms with Crippen LogP contribution in [0.2, 0.25) is 0 Å². The molecule has 0 saturated carbocycles. The molecule has 14 heteroatoms. The first-order chi connectivity index (χ1) is 15.0. The quantitative estimate of drug-likeness (QED) is 0.143. The maximum absolute atomic E-state index is 13.0. The third-order valence-corrected chi connectivity index (χ3v) is 4.93. The third kappa shape index (κ3) is 8.11. The van der Waals surface area contributed by atoms with Crippen molar-refractivity contribution in [1.82, 2.24) is 15.5 Å². The summed E-state index contributed by atoms with van der Waals surface area (Å²) in [6.45, 7) is -0.539. The number of amides is 4. The van der Waals surface area contributed by atoms with Gasteiger partial charge in [-0.2, -0.15) is 0 Å². The van der Waals surface area contributed by atoms with Crippen LogP contribution in [0.25, 0.3) is 0 Å². The summed E-state index contributed by atoms with van der Waals surface area (Å²) in [5.41, 5.74) is 10.6. The van der Waals surface area contributed by atoms with Gasteiger partial charge < -0.3 is 42.3 Å². The van der Waals surface area contributed by atoms with E-state index >= 15 is 0 Å². The minimum absolute atomic E-state index is 0.138. The lowest BCUT2D eigenvalue weighted by molar-refractivity contribution is -0.145. The normalized spacial score (nSPS) is 18.3. The highest BCUT2D eigenvalue weighted by Gasteiger charge is 2.39. The number of carbonyl (C=O) groups excluding carboxylic acids is 4. The molecule has 0 aromatic heterocycles. The fraction of sp³-hybridized carbons (Fsp3) is 0.667. The lowest BCUT2D eigenvalue weighted by Gasteiger charge is -2.29. The Bertz CT molecular complexity index is 744. The summed E-state index contributed by atoms with van der Waals surface area (Å²) >= 11 is 0. The van der Waals surface area contributed by atoms with Crippen LogP contribution in [-0.2, 0) is 28.8 Å². The van der Waals surface area contributed by atoms with Crippen LogP contribution in [0, 0.1) is 0 Å². The molecular weight excluding hydrogens is 430 g/mol. The van der Waals surface area contributed by atoms with Crippen molar-refractivity contribution in [2.75, 3.05) is 13.2 Å². The molecular formula is C18H29N5O9. The van der Waals surface area contributed by atoms with E-state index in [-0.39, 0.29) is 32.2 Å². The Kier molecular flexibility index (Phi) is 10.5. The second-order valence-corrected chi connectivity index (χ2v) is 7.38. The van der Waals surface area contributed by atoms with Gasteiger partial charge in [0.2, 0.25) is 23.6 Å². The van der Waals surface area contributed by atoms with Crippen molar-refractivity contribution in [1.29, 1.82) is 0 Å². The lowest BCUT2D eigenvalue weighted by Crippen LogP contribution is -2.57. The number of likely N-dealkylation sites (tertiary alicyclic amines) is 1. The van der Waals surface area contributed by atoms with E-state index in [1.807, 2.05) is 0 Å². The number of nitrogens with two attached hydrogens (primary N) is 2. The number of hydrogen-bond donors (Lipinski definition) is 7. The smallest absolute Gasteiger partial charge is 0.326 e. The molecule has 0 bridgehead atoms. The molecule has 1 aliphatic rings. The van der Waals surface area contributed by atoms with Gasteiger partial charge in [0.05, 0.1) is 6.61 Å². The molecule has 1 saturated heterocycles. The minimum atomic E-state index is -1.45. The zero-order valence-corrected chi connectivity index (χ0v) is 17.4. The maximum Gasteiger partial charge on any atom is 0.326 e. The van der Waals surface area contributed by atoms with E-state index < -0.39 is 72.8 Å². The molecule has 32 heavy (non-hydrogen) atoms. The van der Waals surface area contributed by atoms with E-state index in [2.05, 4.69) is 10.6 Å². The molecule has 0 radical (unpaired) electrons. The van der Waals surface area contributed by atoms with Gasteiger partial charge in [-0.15, -0.1) is 0 Å². The molecule has 9 N–H and O–H groups in total. The van der Waals surface area contributed by atoms with Crippen molar-refractivity contribution in [3.8, 4) is 0 Å². The van der Waals surface area contributed by atoms with Crippen molar-refractivity contribution < 1.29 is 44.1 Å². The summed E-state index contributed by atoms with van der Waals surface area (Å²) in [7, 11) is 0. The number of aliphatic carboxylic acids is 2. The maximum atomic E-state index is 13.0. The van der Waals surface area contributed by atoms with Gasteiger partial charge in [0.25, 0.3) is 0 Å². The average molecular weight is 459 g/mol. The van der Waals surface area contributed by atoms with Gasteiger partial charge in [0, 0.05) is 19.4 Å². The highest BCUT2D eigenvalue weighted by atomic mass is 16.4. The third-order valence-electron chi connectivity index (χ3n) is 4.93. The molecule has 4 unspecified atom stereocenters. The molecule has 180 valence electrons. The number of aliphatic hydroxyl groups is 1. The molecule has 4 amide bonds. The van der Waals surface area contributed by atoms with Crippen LogP contribution in [0.1, 0.15) is 38.5 Å².